The van der Waals surface area contributed by atoms with E-state index in [1.165, 1.54) is 6.20 Å². The number of nitrogens with two attached hydrogens (primary N) is 1. The molecule has 2 unspecified atom stereocenters. The molecule has 33 heavy (non-hydrogen) atoms. The summed E-state index contributed by atoms with van der Waals surface area (Å²) in [4.78, 5) is 58.5. The van der Waals surface area contributed by atoms with Crippen molar-refractivity contribution in [2.45, 2.75) is 24.9 Å². The van der Waals surface area contributed by atoms with Crippen LogP contribution in [0.3, 0.4) is 0 Å². The largest absolute Gasteiger partial charge is 1.00 e. The number of rotatable bonds is 8. The van der Waals surface area contributed by atoms with Gasteiger partial charge in [-0.1, -0.05) is 0 Å². The maximum atomic E-state index is 11.9. The van der Waals surface area contributed by atoms with E-state index < -0.39 is 54.2 Å². The van der Waals surface area contributed by atoms with Gasteiger partial charge in [0.2, 0.25) is 0 Å². The molecule has 16 nitrogen and oxygen atoms in total. The second-order valence-corrected chi connectivity index (χ2v) is 10.8. The Morgan fingerprint density at radius 2 is 1.70 bits per heavy atom. The fourth-order valence-electron chi connectivity index (χ4n) is 2.15. The maximum absolute atomic E-state index is 11.9. The molecule has 24 heteroatoms. The predicted molar refractivity (Wildman–Crippen MR) is 91.1 cm³/mol. The van der Waals surface area contributed by atoms with Gasteiger partial charge in [-0.25, -0.2) is 9.11 Å². The number of aliphatic hydroxyl groups is 1. The van der Waals surface area contributed by atoms with Crippen LogP contribution in [0, 0.1) is 3.57 Å². The topological polar surface area (TPSA) is 262 Å². The summed E-state index contributed by atoms with van der Waals surface area (Å²) in [6.45, 7) is -0.973. The van der Waals surface area contributed by atoms with Crippen LogP contribution in [0.25, 0.3) is 0 Å². The number of nitrogens with zero attached hydrogens (tertiary/aromatic N) is 2. The smallest absolute Gasteiger partial charge is 0.790 e. The van der Waals surface area contributed by atoms with Gasteiger partial charge in [-0.05, 0) is 22.6 Å². The molecule has 166 valence electrons. The van der Waals surface area contributed by atoms with E-state index in [1.54, 1.807) is 22.6 Å². The number of aromatic nitrogens is 2. The maximum Gasteiger partial charge on any atom is 1.00 e. The van der Waals surface area contributed by atoms with Crippen molar-refractivity contribution in [1.82, 2.24) is 9.55 Å². The van der Waals surface area contributed by atoms with Crippen LogP contribution in [-0.2, 0) is 31.6 Å². The zero-order chi connectivity index (χ0) is 22.2. The first-order chi connectivity index (χ1) is 13.1. The van der Waals surface area contributed by atoms with E-state index in [-0.39, 0.29) is 130 Å². The summed E-state index contributed by atoms with van der Waals surface area (Å²) in [6.07, 6.45) is -2.66. The van der Waals surface area contributed by atoms with E-state index in [0.717, 1.165) is 4.57 Å². The van der Waals surface area contributed by atoms with Gasteiger partial charge < -0.3 is 44.2 Å². The molecule has 1 aromatic heterocycles. The van der Waals surface area contributed by atoms with Gasteiger partial charge in [0.25, 0.3) is 15.6 Å². The van der Waals surface area contributed by atoms with Crippen molar-refractivity contribution < 1.29 is 174 Å². The fraction of sp³-hybridized carbons (Fsp3) is 0.556. The summed E-state index contributed by atoms with van der Waals surface area (Å²) < 4.78 is 50.2. The Hall–Kier alpha value is 3.74. The quantitative estimate of drug-likeness (QED) is 0.147. The minimum atomic E-state index is -6.11. The molecule has 0 spiro atoms. The van der Waals surface area contributed by atoms with E-state index in [9.17, 15) is 43.2 Å². The Kier molecular flexibility index (Phi) is 20.9. The molecule has 1 aliphatic rings. The van der Waals surface area contributed by atoms with Crippen molar-refractivity contribution >= 4 is 51.9 Å². The number of hydrogen-bond acceptors (Lipinski definition) is 15. The SMILES string of the molecule is Nc1nc(=O)n([C@H]2C[C@H](O)[C@@H](COP(=O)([O-])OP(=O)([O-])OP(=O)([O-])[O-])O2)cc1I.[Na+].[Na+].[Na+].[Na+]. The number of phosphoric ester groups is 1. The van der Waals surface area contributed by atoms with Crippen LogP contribution in [0.4, 0.5) is 5.82 Å². The van der Waals surface area contributed by atoms with Crippen LogP contribution in [0.15, 0.2) is 11.0 Å². The second kappa shape index (κ2) is 16.8. The Morgan fingerprint density at radius 3 is 2.21 bits per heavy atom. The predicted octanol–water partition coefficient (Wildman–Crippen LogP) is -15.1. The fourth-order valence-corrected chi connectivity index (χ4v) is 5.43. The summed E-state index contributed by atoms with van der Waals surface area (Å²) in [7, 11) is -17.9. The van der Waals surface area contributed by atoms with Crippen molar-refractivity contribution in [2.24, 2.45) is 0 Å². The van der Waals surface area contributed by atoms with E-state index >= 15 is 0 Å². The molecular formula is C9H11IN3Na4O13P3. The van der Waals surface area contributed by atoms with Crippen molar-refractivity contribution in [1.29, 1.82) is 0 Å². The molecule has 1 aromatic rings. The Labute approximate surface area is 288 Å². The monoisotopic (exact) mass is 681 g/mol. The van der Waals surface area contributed by atoms with Gasteiger partial charge in [-0.3, -0.25) is 18.0 Å². The van der Waals surface area contributed by atoms with Crippen LogP contribution in [0.2, 0.25) is 0 Å². The first-order valence-corrected chi connectivity index (χ1v) is 12.6. The van der Waals surface area contributed by atoms with Gasteiger partial charge in [0.15, 0.2) is 0 Å². The summed E-state index contributed by atoms with van der Waals surface area (Å²) in [5, 5.41) is 9.96. The van der Waals surface area contributed by atoms with Crippen LogP contribution in [0.5, 0.6) is 0 Å². The number of ether oxygens (including phenoxy) is 1. The normalized spacial score (nSPS) is 23.5. The van der Waals surface area contributed by atoms with E-state index in [2.05, 4.69) is 18.1 Å². The molecule has 1 saturated heterocycles. The van der Waals surface area contributed by atoms with Crippen LogP contribution >= 0.6 is 46.1 Å². The molecule has 1 aliphatic heterocycles. The van der Waals surface area contributed by atoms with E-state index in [0.29, 0.717) is 3.57 Å². The zero-order valence-electron chi connectivity index (χ0n) is 17.8. The third-order valence-corrected chi connectivity index (χ3v) is 7.74. The van der Waals surface area contributed by atoms with Gasteiger partial charge in [0.1, 0.15) is 18.1 Å². The number of anilines is 1. The molecule has 0 saturated carbocycles. The van der Waals surface area contributed by atoms with Gasteiger partial charge in [-0.2, -0.15) is 4.98 Å². The zero-order valence-corrected chi connectivity index (χ0v) is 30.6. The summed E-state index contributed by atoms with van der Waals surface area (Å²) in [5.41, 5.74) is 4.69. The minimum Gasteiger partial charge on any atom is -0.790 e. The molecule has 0 bridgehead atoms. The number of aliphatic hydroxyl groups excluding tert-OH is 1. The van der Waals surface area contributed by atoms with Gasteiger partial charge in [-0.15, -0.1) is 0 Å². The first kappa shape index (κ1) is 41.2. The van der Waals surface area contributed by atoms with Gasteiger partial charge >= 0.3 is 124 Å². The van der Waals surface area contributed by atoms with Crippen LogP contribution in [-0.4, -0.2) is 33.5 Å². The van der Waals surface area contributed by atoms with Crippen LogP contribution < -0.4 is 149 Å². The molecule has 2 rings (SSSR count). The molecule has 2 heterocycles. The van der Waals surface area contributed by atoms with Crippen molar-refractivity contribution in [2.75, 3.05) is 12.3 Å². The Balaban J connectivity index is -0.00000225. The Morgan fingerprint density at radius 1 is 1.15 bits per heavy atom. The van der Waals surface area contributed by atoms with Crippen molar-refractivity contribution in [3.05, 3.63) is 20.3 Å². The number of nitrogen functional groups attached to an aromatic ring is 1. The van der Waals surface area contributed by atoms with E-state index in [1.807, 2.05) is 0 Å². The first-order valence-electron chi connectivity index (χ1n) is 7.17. The summed E-state index contributed by atoms with van der Waals surface area (Å²) in [6, 6.07) is 0. The average molecular weight is 681 g/mol. The number of phosphoric acid groups is 3. The van der Waals surface area contributed by atoms with Gasteiger partial charge in [0, 0.05) is 12.6 Å². The molecule has 0 radical (unpaired) electrons. The minimum absolute atomic E-state index is 0. The molecule has 0 aliphatic carbocycles. The number of halogens is 1. The standard InChI is InChI=1S/C9H15IN3O13P3.4Na/c10-4-2-13(9(15)12-8(4)11)7-1-5(14)6(24-7)3-23-28(19,20)26-29(21,22)25-27(16,17)18;;;;/h2,5-7,14H,1,3H2,(H,19,20)(H,21,22)(H2,11,12,15)(H2,16,17,18);;;;/q;4*+1/p-4/t5-,6+,7+;;;;/m0..../s1. The number of hydrogen-bond donors (Lipinski definition) is 2. The average Bonchev–Trinajstić information content (AvgIpc) is 2.86. The van der Waals surface area contributed by atoms with E-state index in [4.69, 9.17) is 10.5 Å². The van der Waals surface area contributed by atoms with Crippen molar-refractivity contribution in [3.8, 4) is 0 Å². The van der Waals surface area contributed by atoms with Crippen LogP contribution in [0.1, 0.15) is 12.6 Å². The molecule has 5 atom stereocenters. The molecule has 0 amide bonds. The summed E-state index contributed by atoms with van der Waals surface area (Å²) in [5.74, 6) is -0.0281. The molecule has 0 aromatic carbocycles. The second-order valence-electron chi connectivity index (χ2n) is 5.40. The van der Waals surface area contributed by atoms with Gasteiger partial charge in [0.05, 0.1) is 24.1 Å². The molecule has 3 N–H and O–H groups in total. The molecule has 1 fully saturated rings. The summed E-state index contributed by atoms with van der Waals surface area (Å²) >= 11 is 1.80. The van der Waals surface area contributed by atoms with Crippen molar-refractivity contribution in [3.63, 3.8) is 0 Å². The third-order valence-electron chi connectivity index (χ3n) is 3.25. The molecular weight excluding hydrogens is 670 g/mol. The Bertz CT molecular complexity index is 982. The third kappa shape index (κ3) is 14.1.